The smallest absolute Gasteiger partial charge is 0.0676 e. The average Bonchev–Trinajstić information content (AvgIpc) is 2.84. The summed E-state index contributed by atoms with van der Waals surface area (Å²) in [6.07, 6.45) is 13.2. The molecule has 3 fully saturated rings. The van der Waals surface area contributed by atoms with Gasteiger partial charge in [-0.1, -0.05) is 38.5 Å². The van der Waals surface area contributed by atoms with E-state index in [1.165, 1.54) is 51.4 Å². The summed E-state index contributed by atoms with van der Waals surface area (Å²) in [5.41, 5.74) is -0.239. The number of hydrogen-bond donors (Lipinski definition) is 1. The Bertz CT molecular complexity index is 215. The number of aliphatic hydroxyl groups is 1. The van der Waals surface area contributed by atoms with E-state index < -0.39 is 0 Å². The molecule has 15 heavy (non-hydrogen) atoms. The van der Waals surface area contributed by atoms with E-state index in [2.05, 4.69) is 0 Å². The van der Waals surface area contributed by atoms with E-state index in [0.29, 0.717) is 5.92 Å². The minimum Gasteiger partial charge on any atom is -0.390 e. The lowest BCUT2D eigenvalue weighted by atomic mass is 9.82. The highest BCUT2D eigenvalue weighted by atomic mass is 16.3. The van der Waals surface area contributed by atoms with Gasteiger partial charge in [-0.25, -0.2) is 0 Å². The van der Waals surface area contributed by atoms with Crippen LogP contribution in [-0.2, 0) is 0 Å². The fraction of sp³-hybridized carbons (Fsp3) is 1.00. The molecule has 0 aromatic rings. The Morgan fingerprint density at radius 2 is 1.33 bits per heavy atom. The highest BCUT2D eigenvalue weighted by molar-refractivity contribution is 4.98. The first-order valence-electron chi connectivity index (χ1n) is 7.00. The van der Waals surface area contributed by atoms with E-state index in [9.17, 15) is 5.11 Å². The van der Waals surface area contributed by atoms with E-state index in [1.807, 2.05) is 0 Å². The van der Waals surface area contributed by atoms with Gasteiger partial charge in [0.1, 0.15) is 0 Å². The summed E-state index contributed by atoms with van der Waals surface area (Å²) in [7, 11) is 0. The largest absolute Gasteiger partial charge is 0.390 e. The average molecular weight is 208 g/mol. The molecule has 3 aliphatic carbocycles. The first-order valence-corrected chi connectivity index (χ1v) is 7.00. The van der Waals surface area contributed by atoms with Crippen molar-refractivity contribution in [3.05, 3.63) is 0 Å². The fourth-order valence-corrected chi connectivity index (χ4v) is 4.57. The van der Waals surface area contributed by atoms with Crippen LogP contribution in [0.4, 0.5) is 0 Å². The van der Waals surface area contributed by atoms with Gasteiger partial charge in [-0.2, -0.15) is 0 Å². The second kappa shape index (κ2) is 3.76. The molecule has 0 spiro atoms. The summed E-state index contributed by atoms with van der Waals surface area (Å²) in [5.74, 6) is 2.62. The molecule has 3 aliphatic rings. The highest BCUT2D eigenvalue weighted by Crippen LogP contribution is 2.52. The summed E-state index contributed by atoms with van der Waals surface area (Å²) < 4.78 is 0. The Balaban J connectivity index is 1.69. The minimum atomic E-state index is -0.239. The summed E-state index contributed by atoms with van der Waals surface area (Å²) in [4.78, 5) is 0. The van der Waals surface area contributed by atoms with E-state index in [0.717, 1.165) is 24.7 Å². The predicted octanol–water partition coefficient (Wildman–Crippen LogP) is 3.51. The molecule has 0 aliphatic heterocycles. The lowest BCUT2D eigenvalue weighted by Crippen LogP contribution is -2.33. The van der Waals surface area contributed by atoms with Gasteiger partial charge in [0.05, 0.1) is 5.60 Å². The van der Waals surface area contributed by atoms with Crippen LogP contribution in [0.1, 0.15) is 64.2 Å². The highest BCUT2D eigenvalue weighted by Gasteiger charge is 2.46. The van der Waals surface area contributed by atoms with Crippen molar-refractivity contribution in [1.29, 1.82) is 0 Å². The van der Waals surface area contributed by atoms with Crippen LogP contribution in [0.25, 0.3) is 0 Å². The molecule has 3 rings (SSSR count). The molecule has 0 aromatic heterocycles. The van der Waals surface area contributed by atoms with Crippen molar-refractivity contribution in [3.63, 3.8) is 0 Å². The molecule has 1 N–H and O–H groups in total. The van der Waals surface area contributed by atoms with Crippen LogP contribution in [0, 0.1) is 17.8 Å². The van der Waals surface area contributed by atoms with Crippen LogP contribution >= 0.6 is 0 Å². The molecule has 0 aromatic carbocycles. The van der Waals surface area contributed by atoms with Crippen molar-refractivity contribution >= 4 is 0 Å². The quantitative estimate of drug-likeness (QED) is 0.699. The van der Waals surface area contributed by atoms with E-state index in [-0.39, 0.29) is 5.60 Å². The first-order chi connectivity index (χ1) is 7.28. The van der Waals surface area contributed by atoms with Gasteiger partial charge in [-0.3, -0.25) is 0 Å². The molecular formula is C14H24O. The van der Waals surface area contributed by atoms with Gasteiger partial charge < -0.3 is 5.11 Å². The topological polar surface area (TPSA) is 20.2 Å². The molecule has 3 saturated carbocycles. The van der Waals surface area contributed by atoms with Crippen LogP contribution in [0.2, 0.25) is 0 Å². The lowest BCUT2D eigenvalue weighted by molar-refractivity contribution is -0.0121. The van der Waals surface area contributed by atoms with E-state index in [4.69, 9.17) is 0 Å². The van der Waals surface area contributed by atoms with Gasteiger partial charge in [-0.15, -0.1) is 0 Å². The van der Waals surface area contributed by atoms with Crippen LogP contribution in [0.15, 0.2) is 0 Å². The zero-order chi connectivity index (χ0) is 10.3. The third kappa shape index (κ3) is 1.73. The van der Waals surface area contributed by atoms with Gasteiger partial charge in [-0.05, 0) is 43.4 Å². The maximum Gasteiger partial charge on any atom is 0.0676 e. The van der Waals surface area contributed by atoms with Crippen molar-refractivity contribution in [2.75, 3.05) is 0 Å². The zero-order valence-corrected chi connectivity index (χ0v) is 9.75. The molecular weight excluding hydrogens is 184 g/mol. The second-order valence-corrected chi connectivity index (χ2v) is 6.28. The van der Waals surface area contributed by atoms with Gasteiger partial charge in [0.25, 0.3) is 0 Å². The van der Waals surface area contributed by atoms with E-state index in [1.54, 1.807) is 0 Å². The van der Waals surface area contributed by atoms with Crippen LogP contribution in [0.3, 0.4) is 0 Å². The molecule has 0 heterocycles. The zero-order valence-electron chi connectivity index (χ0n) is 9.75. The van der Waals surface area contributed by atoms with Gasteiger partial charge in [0.15, 0.2) is 0 Å². The maximum absolute atomic E-state index is 10.6. The van der Waals surface area contributed by atoms with Gasteiger partial charge >= 0.3 is 0 Å². The van der Waals surface area contributed by atoms with Crippen molar-refractivity contribution in [1.82, 2.24) is 0 Å². The third-order valence-corrected chi connectivity index (χ3v) is 5.47. The van der Waals surface area contributed by atoms with Crippen LogP contribution < -0.4 is 0 Å². The Kier molecular flexibility index (Phi) is 2.54. The minimum absolute atomic E-state index is 0.239. The van der Waals surface area contributed by atoms with E-state index >= 15 is 0 Å². The molecule has 1 nitrogen and oxygen atoms in total. The van der Waals surface area contributed by atoms with Crippen molar-refractivity contribution in [2.24, 2.45) is 17.8 Å². The number of fused-ring (bicyclic) bond motifs is 1. The summed E-state index contributed by atoms with van der Waals surface area (Å²) in [6.45, 7) is 0. The van der Waals surface area contributed by atoms with Gasteiger partial charge in [0.2, 0.25) is 0 Å². The SMILES string of the molecule is OC1(C2C[C@H]3CCCC[C@H]3C2)CCCC1. The number of rotatable bonds is 1. The second-order valence-electron chi connectivity index (χ2n) is 6.28. The third-order valence-electron chi connectivity index (χ3n) is 5.47. The Hall–Kier alpha value is -0.0400. The molecule has 3 atom stereocenters. The predicted molar refractivity (Wildman–Crippen MR) is 61.6 cm³/mol. The number of hydrogen-bond acceptors (Lipinski definition) is 1. The van der Waals surface area contributed by atoms with Gasteiger partial charge in [0, 0.05) is 0 Å². The molecule has 86 valence electrons. The Morgan fingerprint density at radius 1 is 0.800 bits per heavy atom. The summed E-state index contributed by atoms with van der Waals surface area (Å²) >= 11 is 0. The molecule has 1 unspecified atom stereocenters. The summed E-state index contributed by atoms with van der Waals surface area (Å²) in [5, 5.41) is 10.6. The van der Waals surface area contributed by atoms with Crippen LogP contribution in [0.5, 0.6) is 0 Å². The molecule has 0 bridgehead atoms. The molecule has 0 amide bonds. The van der Waals surface area contributed by atoms with Crippen molar-refractivity contribution in [3.8, 4) is 0 Å². The standard InChI is InChI=1S/C14H24O/c15-14(7-3-4-8-14)13-9-11-5-1-2-6-12(11)10-13/h11-13,15H,1-10H2/t11-,12+,13?. The molecule has 1 heteroatoms. The summed E-state index contributed by atoms with van der Waals surface area (Å²) in [6, 6.07) is 0. The Labute approximate surface area is 93.3 Å². The van der Waals surface area contributed by atoms with Crippen molar-refractivity contribution < 1.29 is 5.11 Å². The van der Waals surface area contributed by atoms with Crippen LogP contribution in [-0.4, -0.2) is 10.7 Å². The fourth-order valence-electron chi connectivity index (χ4n) is 4.57. The van der Waals surface area contributed by atoms with Crippen molar-refractivity contribution in [2.45, 2.75) is 69.8 Å². The molecule has 0 saturated heterocycles. The Morgan fingerprint density at radius 3 is 1.87 bits per heavy atom. The maximum atomic E-state index is 10.6. The monoisotopic (exact) mass is 208 g/mol. The lowest BCUT2D eigenvalue weighted by Gasteiger charge is -2.29. The first kappa shape index (κ1) is 10.1. The molecule has 0 radical (unpaired) electrons. The normalized spacial score (nSPS) is 44.2.